The first-order valence-electron chi connectivity index (χ1n) is 5.44. The lowest BCUT2D eigenvalue weighted by atomic mass is 10.0. The summed E-state index contributed by atoms with van der Waals surface area (Å²) in [6.07, 6.45) is 2.21. The van der Waals surface area contributed by atoms with Crippen LogP contribution in [0.4, 0.5) is 0 Å². The van der Waals surface area contributed by atoms with Gasteiger partial charge in [0.15, 0.2) is 0 Å². The quantitative estimate of drug-likeness (QED) is 0.818. The molecule has 0 aliphatic carbocycles. The third-order valence-electron chi connectivity index (χ3n) is 2.30. The van der Waals surface area contributed by atoms with Gasteiger partial charge in [-0.25, -0.2) is 0 Å². The minimum atomic E-state index is 0.0567. The zero-order valence-electron chi connectivity index (χ0n) is 9.62. The third-order valence-corrected chi connectivity index (χ3v) is 3.17. The van der Waals surface area contributed by atoms with Crippen molar-refractivity contribution in [3.05, 3.63) is 22.4 Å². The molecule has 0 spiro atoms. The van der Waals surface area contributed by atoms with E-state index in [1.54, 1.807) is 0 Å². The molecule has 2 nitrogen and oxygen atoms in total. The summed E-state index contributed by atoms with van der Waals surface area (Å²) in [7, 11) is 0. The van der Waals surface area contributed by atoms with Gasteiger partial charge in [-0.15, -0.1) is 11.3 Å². The van der Waals surface area contributed by atoms with Crippen molar-refractivity contribution >= 4 is 17.2 Å². The van der Waals surface area contributed by atoms with Crippen LogP contribution in [0.1, 0.15) is 43.3 Å². The second kappa shape index (κ2) is 5.91. The molecule has 1 rings (SSSR count). The number of rotatable bonds is 5. The van der Waals surface area contributed by atoms with Crippen molar-refractivity contribution in [3.63, 3.8) is 0 Å². The molecule has 0 radical (unpaired) electrons. The maximum Gasteiger partial charge on any atom is 0.261 e. The van der Waals surface area contributed by atoms with Crippen molar-refractivity contribution in [2.75, 3.05) is 0 Å². The second-order valence-electron chi connectivity index (χ2n) is 4.32. The first kappa shape index (κ1) is 12.2. The van der Waals surface area contributed by atoms with Gasteiger partial charge in [0.1, 0.15) is 0 Å². The summed E-state index contributed by atoms with van der Waals surface area (Å²) in [5.41, 5.74) is 0. The van der Waals surface area contributed by atoms with Crippen LogP contribution >= 0.6 is 11.3 Å². The second-order valence-corrected chi connectivity index (χ2v) is 5.27. The summed E-state index contributed by atoms with van der Waals surface area (Å²) in [6.45, 7) is 6.47. The van der Waals surface area contributed by atoms with Crippen LogP contribution in [0.15, 0.2) is 17.5 Å². The van der Waals surface area contributed by atoms with E-state index in [-0.39, 0.29) is 11.9 Å². The molecule has 1 heterocycles. The smallest absolute Gasteiger partial charge is 0.261 e. The van der Waals surface area contributed by atoms with E-state index in [1.165, 1.54) is 11.3 Å². The summed E-state index contributed by atoms with van der Waals surface area (Å²) >= 11 is 1.49. The van der Waals surface area contributed by atoms with E-state index in [0.29, 0.717) is 5.92 Å². The minimum Gasteiger partial charge on any atom is -0.349 e. The van der Waals surface area contributed by atoms with Crippen molar-refractivity contribution in [2.24, 2.45) is 5.92 Å². The van der Waals surface area contributed by atoms with Gasteiger partial charge in [-0.3, -0.25) is 4.79 Å². The van der Waals surface area contributed by atoms with Gasteiger partial charge in [0.25, 0.3) is 5.91 Å². The molecule has 1 atom stereocenters. The Morgan fingerprint density at radius 2 is 2.13 bits per heavy atom. The topological polar surface area (TPSA) is 29.1 Å². The Bertz CT molecular complexity index is 293. The van der Waals surface area contributed by atoms with E-state index in [1.807, 2.05) is 17.5 Å². The number of amides is 1. The fraction of sp³-hybridized carbons (Fsp3) is 0.583. The van der Waals surface area contributed by atoms with Crippen molar-refractivity contribution in [2.45, 2.75) is 39.7 Å². The highest BCUT2D eigenvalue weighted by Gasteiger charge is 2.10. The van der Waals surface area contributed by atoms with Crippen LogP contribution in [0.25, 0.3) is 0 Å². The van der Waals surface area contributed by atoms with E-state index in [0.717, 1.165) is 17.7 Å². The molecule has 0 saturated heterocycles. The van der Waals surface area contributed by atoms with Gasteiger partial charge in [0.2, 0.25) is 0 Å². The maximum atomic E-state index is 11.7. The summed E-state index contributed by atoms with van der Waals surface area (Å²) in [6, 6.07) is 4.02. The number of thiophene rings is 1. The first-order valence-corrected chi connectivity index (χ1v) is 6.32. The summed E-state index contributed by atoms with van der Waals surface area (Å²) in [5.74, 6) is 0.757. The van der Waals surface area contributed by atoms with Crippen LogP contribution in [0, 0.1) is 5.92 Å². The lowest BCUT2D eigenvalue weighted by Crippen LogP contribution is -2.32. The van der Waals surface area contributed by atoms with E-state index in [2.05, 4.69) is 26.1 Å². The van der Waals surface area contributed by atoms with E-state index < -0.39 is 0 Å². The fourth-order valence-corrected chi connectivity index (χ4v) is 1.99. The van der Waals surface area contributed by atoms with Crippen LogP contribution in [0.3, 0.4) is 0 Å². The van der Waals surface area contributed by atoms with Gasteiger partial charge in [0, 0.05) is 6.04 Å². The van der Waals surface area contributed by atoms with Crippen molar-refractivity contribution in [1.82, 2.24) is 5.32 Å². The average molecular weight is 225 g/mol. The molecule has 1 amide bonds. The van der Waals surface area contributed by atoms with Crippen molar-refractivity contribution in [3.8, 4) is 0 Å². The monoisotopic (exact) mass is 225 g/mol. The Balaban J connectivity index is 2.32. The van der Waals surface area contributed by atoms with Crippen LogP contribution in [-0.4, -0.2) is 11.9 Å². The Morgan fingerprint density at radius 1 is 1.40 bits per heavy atom. The van der Waals surface area contributed by atoms with Crippen LogP contribution < -0.4 is 5.32 Å². The van der Waals surface area contributed by atoms with Crippen LogP contribution in [0.5, 0.6) is 0 Å². The van der Waals surface area contributed by atoms with Crippen molar-refractivity contribution in [1.29, 1.82) is 0 Å². The van der Waals surface area contributed by atoms with Gasteiger partial charge >= 0.3 is 0 Å². The Morgan fingerprint density at radius 3 is 2.67 bits per heavy atom. The number of hydrogen-bond acceptors (Lipinski definition) is 2. The summed E-state index contributed by atoms with van der Waals surface area (Å²) in [5, 5.41) is 4.93. The normalized spacial score (nSPS) is 12.8. The highest BCUT2D eigenvalue weighted by Crippen LogP contribution is 2.10. The third kappa shape index (κ3) is 4.47. The number of carbonyl (C=O) groups is 1. The Labute approximate surface area is 95.7 Å². The summed E-state index contributed by atoms with van der Waals surface area (Å²) in [4.78, 5) is 12.5. The number of hydrogen-bond donors (Lipinski definition) is 1. The zero-order chi connectivity index (χ0) is 11.3. The Kier molecular flexibility index (Phi) is 4.82. The largest absolute Gasteiger partial charge is 0.349 e. The molecule has 0 aliphatic heterocycles. The number of carbonyl (C=O) groups excluding carboxylic acids is 1. The standard InChI is InChI=1S/C12H19NOS/c1-9(2)6-7-10(3)13-12(14)11-5-4-8-15-11/h4-5,8-10H,6-7H2,1-3H3,(H,13,14). The molecule has 1 unspecified atom stereocenters. The molecule has 84 valence electrons. The first-order chi connectivity index (χ1) is 7.09. The molecule has 0 saturated carbocycles. The van der Waals surface area contributed by atoms with E-state index in [4.69, 9.17) is 0 Å². The highest BCUT2D eigenvalue weighted by molar-refractivity contribution is 7.12. The Hall–Kier alpha value is -0.830. The maximum absolute atomic E-state index is 11.7. The van der Waals surface area contributed by atoms with Crippen LogP contribution in [-0.2, 0) is 0 Å². The molecule has 0 aromatic carbocycles. The molecular formula is C12H19NOS. The molecule has 0 aliphatic rings. The lowest BCUT2D eigenvalue weighted by molar-refractivity contribution is 0.0941. The van der Waals surface area contributed by atoms with E-state index in [9.17, 15) is 4.79 Å². The molecule has 3 heteroatoms. The van der Waals surface area contributed by atoms with E-state index >= 15 is 0 Å². The SMILES string of the molecule is CC(C)CCC(C)NC(=O)c1cccs1. The molecule has 0 fully saturated rings. The van der Waals surface area contributed by atoms with Gasteiger partial charge < -0.3 is 5.32 Å². The minimum absolute atomic E-state index is 0.0567. The summed E-state index contributed by atoms with van der Waals surface area (Å²) < 4.78 is 0. The van der Waals surface area contributed by atoms with Gasteiger partial charge in [-0.05, 0) is 37.1 Å². The van der Waals surface area contributed by atoms with Gasteiger partial charge in [0.05, 0.1) is 4.88 Å². The predicted octanol–water partition coefficient (Wildman–Crippen LogP) is 3.30. The molecule has 0 bridgehead atoms. The molecular weight excluding hydrogens is 206 g/mol. The molecule has 1 aromatic heterocycles. The highest BCUT2D eigenvalue weighted by atomic mass is 32.1. The molecule has 1 aromatic rings. The van der Waals surface area contributed by atoms with Gasteiger partial charge in [-0.1, -0.05) is 19.9 Å². The molecule has 1 N–H and O–H groups in total. The average Bonchev–Trinajstić information content (AvgIpc) is 2.67. The fourth-order valence-electron chi connectivity index (χ4n) is 1.36. The van der Waals surface area contributed by atoms with Crippen LogP contribution in [0.2, 0.25) is 0 Å². The number of nitrogens with one attached hydrogen (secondary N) is 1. The van der Waals surface area contributed by atoms with Gasteiger partial charge in [-0.2, -0.15) is 0 Å². The predicted molar refractivity (Wildman–Crippen MR) is 65.3 cm³/mol. The molecule has 15 heavy (non-hydrogen) atoms. The van der Waals surface area contributed by atoms with Crippen molar-refractivity contribution < 1.29 is 4.79 Å². The lowest BCUT2D eigenvalue weighted by Gasteiger charge is -2.14. The zero-order valence-corrected chi connectivity index (χ0v) is 10.4.